The van der Waals surface area contributed by atoms with Crippen molar-refractivity contribution in [1.82, 2.24) is 14.7 Å². The van der Waals surface area contributed by atoms with Gasteiger partial charge in [0.2, 0.25) is 5.91 Å². The first kappa shape index (κ1) is 17.6. The molecule has 1 amide bonds. The van der Waals surface area contributed by atoms with Crippen LogP contribution in [-0.2, 0) is 4.79 Å². The van der Waals surface area contributed by atoms with Gasteiger partial charge in [0.05, 0.1) is 11.7 Å². The fourth-order valence-corrected chi connectivity index (χ4v) is 2.68. The third-order valence-electron chi connectivity index (χ3n) is 4.37. The lowest BCUT2D eigenvalue weighted by molar-refractivity contribution is -0.126. The summed E-state index contributed by atoms with van der Waals surface area (Å²) in [5, 5.41) is 4.24. The Bertz CT molecular complexity index is 901. The number of aromatic nitrogens is 2. The number of nitrogens with zero attached hydrogens (tertiary/aromatic N) is 3. The van der Waals surface area contributed by atoms with Gasteiger partial charge < -0.3 is 4.90 Å². The molecule has 0 saturated heterocycles. The Morgan fingerprint density at radius 3 is 2.58 bits per heavy atom. The molecule has 1 atom stereocenters. The van der Waals surface area contributed by atoms with E-state index in [0.717, 1.165) is 16.8 Å². The predicted octanol–water partition coefficient (Wildman–Crippen LogP) is 4.24. The maximum Gasteiger partial charge on any atom is 0.246 e. The summed E-state index contributed by atoms with van der Waals surface area (Å²) in [6, 6.07) is 15.6. The molecule has 0 spiro atoms. The normalized spacial score (nSPS) is 12.3. The second kappa shape index (κ2) is 7.78. The predicted molar refractivity (Wildman–Crippen MR) is 100 cm³/mol. The number of amides is 1. The molecule has 5 heteroatoms. The third-order valence-corrected chi connectivity index (χ3v) is 4.37. The van der Waals surface area contributed by atoms with Gasteiger partial charge >= 0.3 is 0 Å². The molecule has 0 aliphatic rings. The molecule has 3 aromatic rings. The van der Waals surface area contributed by atoms with E-state index in [-0.39, 0.29) is 17.8 Å². The van der Waals surface area contributed by atoms with Crippen LogP contribution >= 0.6 is 0 Å². The summed E-state index contributed by atoms with van der Waals surface area (Å²) in [5.74, 6) is -0.415. The molecule has 1 heterocycles. The molecule has 1 unspecified atom stereocenters. The molecule has 2 aromatic carbocycles. The molecular formula is C21H20FN3O. The summed E-state index contributed by atoms with van der Waals surface area (Å²) in [7, 11) is 1.74. The van der Waals surface area contributed by atoms with Crippen LogP contribution in [0.15, 0.2) is 73.1 Å². The van der Waals surface area contributed by atoms with Crippen molar-refractivity contribution in [2.45, 2.75) is 13.0 Å². The Kier molecular flexibility index (Phi) is 5.27. The van der Waals surface area contributed by atoms with Crippen molar-refractivity contribution in [1.29, 1.82) is 0 Å². The van der Waals surface area contributed by atoms with Crippen LogP contribution in [0, 0.1) is 5.82 Å². The number of hydrogen-bond donors (Lipinski definition) is 0. The molecule has 1 aromatic heterocycles. The number of carbonyl (C=O) groups is 1. The van der Waals surface area contributed by atoms with Gasteiger partial charge in [0.1, 0.15) is 5.82 Å². The van der Waals surface area contributed by atoms with Crippen LogP contribution in [0.5, 0.6) is 0 Å². The second-order valence-electron chi connectivity index (χ2n) is 6.02. The van der Waals surface area contributed by atoms with Crippen LogP contribution < -0.4 is 0 Å². The molecular weight excluding hydrogens is 329 g/mol. The number of rotatable bonds is 5. The van der Waals surface area contributed by atoms with Crippen molar-refractivity contribution < 1.29 is 9.18 Å². The van der Waals surface area contributed by atoms with Crippen LogP contribution in [0.2, 0.25) is 0 Å². The summed E-state index contributed by atoms with van der Waals surface area (Å²) < 4.78 is 14.8. The first-order valence-electron chi connectivity index (χ1n) is 8.35. The Balaban J connectivity index is 1.76. The zero-order valence-electron chi connectivity index (χ0n) is 14.7. The van der Waals surface area contributed by atoms with Crippen LogP contribution in [-0.4, -0.2) is 27.6 Å². The van der Waals surface area contributed by atoms with Gasteiger partial charge in [-0.05, 0) is 42.8 Å². The molecule has 0 aliphatic carbocycles. The van der Waals surface area contributed by atoms with Crippen LogP contribution in [0.25, 0.3) is 11.8 Å². The lowest BCUT2D eigenvalue weighted by Crippen LogP contribution is -2.27. The molecule has 0 bridgehead atoms. The lowest BCUT2D eigenvalue weighted by Gasteiger charge is -2.24. The monoisotopic (exact) mass is 349 g/mol. The summed E-state index contributed by atoms with van der Waals surface area (Å²) in [4.78, 5) is 14.2. The van der Waals surface area contributed by atoms with E-state index in [0.29, 0.717) is 0 Å². The van der Waals surface area contributed by atoms with Crippen molar-refractivity contribution >= 4 is 12.0 Å². The molecule has 3 rings (SSSR count). The maximum absolute atomic E-state index is 13.1. The largest absolute Gasteiger partial charge is 0.335 e. The Morgan fingerprint density at radius 1 is 1.15 bits per heavy atom. The molecule has 4 nitrogen and oxygen atoms in total. The number of para-hydroxylation sites is 1. The summed E-state index contributed by atoms with van der Waals surface area (Å²) in [5.41, 5.74) is 2.68. The molecule has 0 N–H and O–H groups in total. The van der Waals surface area contributed by atoms with E-state index in [9.17, 15) is 9.18 Å². The molecule has 0 radical (unpaired) electrons. The Morgan fingerprint density at radius 2 is 1.88 bits per heavy atom. The van der Waals surface area contributed by atoms with Gasteiger partial charge in [0.15, 0.2) is 0 Å². The summed E-state index contributed by atoms with van der Waals surface area (Å²) in [6.07, 6.45) is 6.90. The standard InChI is InChI=1S/C21H20FN3O/c1-16(17-8-11-19(22)12-9-17)24(2)21(26)13-10-18-6-3-4-7-20(18)25-15-5-14-23-25/h3-16H,1-2H3/b13-10+. The van der Waals surface area contributed by atoms with E-state index in [4.69, 9.17) is 0 Å². The molecule has 26 heavy (non-hydrogen) atoms. The molecule has 0 saturated carbocycles. The first-order chi connectivity index (χ1) is 12.6. The van der Waals surface area contributed by atoms with Crippen molar-refractivity contribution in [2.24, 2.45) is 0 Å². The van der Waals surface area contributed by atoms with E-state index in [1.54, 1.807) is 47.1 Å². The SMILES string of the molecule is CC(c1ccc(F)cc1)N(C)C(=O)/C=C/c1ccccc1-n1cccn1. The van der Waals surface area contributed by atoms with E-state index >= 15 is 0 Å². The van der Waals surface area contributed by atoms with Crippen molar-refractivity contribution in [2.75, 3.05) is 7.05 Å². The molecule has 0 fully saturated rings. The van der Waals surface area contributed by atoms with Crippen LogP contribution in [0.3, 0.4) is 0 Å². The number of benzene rings is 2. The van der Waals surface area contributed by atoms with E-state index in [1.807, 2.05) is 43.5 Å². The smallest absolute Gasteiger partial charge is 0.246 e. The third kappa shape index (κ3) is 3.88. The molecule has 132 valence electrons. The number of hydrogen-bond acceptors (Lipinski definition) is 2. The van der Waals surface area contributed by atoms with Crippen molar-refractivity contribution in [3.8, 4) is 5.69 Å². The highest BCUT2D eigenvalue weighted by atomic mass is 19.1. The highest BCUT2D eigenvalue weighted by Crippen LogP contribution is 2.20. The lowest BCUT2D eigenvalue weighted by atomic mass is 10.1. The maximum atomic E-state index is 13.1. The number of likely N-dealkylation sites (N-methyl/N-ethyl adjacent to an activating group) is 1. The quantitative estimate of drug-likeness (QED) is 0.646. The van der Waals surface area contributed by atoms with Gasteiger partial charge in [-0.25, -0.2) is 9.07 Å². The Labute approximate surface area is 152 Å². The number of halogens is 1. The van der Waals surface area contributed by atoms with Gasteiger partial charge in [-0.1, -0.05) is 30.3 Å². The Hall–Kier alpha value is -3.21. The van der Waals surface area contributed by atoms with Crippen molar-refractivity contribution in [3.05, 3.63) is 90.0 Å². The van der Waals surface area contributed by atoms with E-state index in [1.165, 1.54) is 12.1 Å². The van der Waals surface area contributed by atoms with Crippen LogP contribution in [0.1, 0.15) is 24.1 Å². The first-order valence-corrected chi connectivity index (χ1v) is 8.35. The summed E-state index contributed by atoms with van der Waals surface area (Å²) >= 11 is 0. The second-order valence-corrected chi connectivity index (χ2v) is 6.02. The van der Waals surface area contributed by atoms with Gasteiger partial charge in [-0.3, -0.25) is 4.79 Å². The zero-order chi connectivity index (χ0) is 18.5. The van der Waals surface area contributed by atoms with E-state index < -0.39 is 0 Å². The van der Waals surface area contributed by atoms with Gasteiger partial charge in [-0.2, -0.15) is 5.10 Å². The summed E-state index contributed by atoms with van der Waals surface area (Å²) in [6.45, 7) is 1.91. The van der Waals surface area contributed by atoms with Gasteiger partial charge in [0, 0.05) is 31.1 Å². The fourth-order valence-electron chi connectivity index (χ4n) is 2.68. The van der Waals surface area contributed by atoms with Crippen LogP contribution in [0.4, 0.5) is 4.39 Å². The van der Waals surface area contributed by atoms with E-state index in [2.05, 4.69) is 5.10 Å². The average molecular weight is 349 g/mol. The average Bonchev–Trinajstić information content (AvgIpc) is 3.20. The van der Waals surface area contributed by atoms with Gasteiger partial charge in [0.25, 0.3) is 0 Å². The zero-order valence-corrected chi connectivity index (χ0v) is 14.7. The number of carbonyl (C=O) groups excluding carboxylic acids is 1. The highest BCUT2D eigenvalue weighted by Gasteiger charge is 2.15. The minimum Gasteiger partial charge on any atom is -0.335 e. The van der Waals surface area contributed by atoms with Gasteiger partial charge in [-0.15, -0.1) is 0 Å². The fraction of sp³-hybridized carbons (Fsp3) is 0.143. The molecule has 0 aliphatic heterocycles. The topological polar surface area (TPSA) is 38.1 Å². The highest BCUT2D eigenvalue weighted by molar-refractivity contribution is 5.92. The van der Waals surface area contributed by atoms with Crippen molar-refractivity contribution in [3.63, 3.8) is 0 Å². The minimum absolute atomic E-state index is 0.128. The minimum atomic E-state index is -0.287.